The predicted molar refractivity (Wildman–Crippen MR) is 63.9 cm³/mol. The smallest absolute Gasteiger partial charge is 0.148 e. The van der Waals surface area contributed by atoms with Gasteiger partial charge in [0, 0.05) is 0 Å². The Bertz CT molecular complexity index is 302. The van der Waals surface area contributed by atoms with Gasteiger partial charge in [0.05, 0.1) is 25.3 Å². The second-order valence-corrected chi connectivity index (χ2v) is 4.34. The van der Waals surface area contributed by atoms with Crippen molar-refractivity contribution >= 4 is 5.84 Å². The molecule has 1 fully saturated rings. The van der Waals surface area contributed by atoms with Crippen LogP contribution in [0.2, 0.25) is 0 Å². The van der Waals surface area contributed by atoms with E-state index in [9.17, 15) is 0 Å². The Morgan fingerprint density at radius 2 is 2.44 bits per heavy atom. The molecule has 0 aliphatic carbocycles. The molecule has 0 radical (unpaired) electrons. The van der Waals surface area contributed by atoms with Crippen LogP contribution < -0.4 is 11.2 Å². The molecule has 2 aliphatic rings. The van der Waals surface area contributed by atoms with E-state index in [4.69, 9.17) is 10.5 Å². The fourth-order valence-corrected chi connectivity index (χ4v) is 2.18. The van der Waals surface area contributed by atoms with Gasteiger partial charge < -0.3 is 15.4 Å². The van der Waals surface area contributed by atoms with Gasteiger partial charge in [-0.1, -0.05) is 6.92 Å². The van der Waals surface area contributed by atoms with Crippen LogP contribution in [0.25, 0.3) is 0 Å². The number of ether oxygens (including phenoxy) is 1. The van der Waals surface area contributed by atoms with Crippen molar-refractivity contribution in [2.45, 2.75) is 38.5 Å². The highest BCUT2D eigenvalue weighted by atomic mass is 16.5. The Balaban J connectivity index is 2.13. The summed E-state index contributed by atoms with van der Waals surface area (Å²) in [4.78, 5) is 2.32. The van der Waals surface area contributed by atoms with Crippen molar-refractivity contribution in [1.82, 2.24) is 10.3 Å². The van der Waals surface area contributed by atoms with Crippen molar-refractivity contribution in [3.05, 3.63) is 12.2 Å². The van der Waals surface area contributed by atoms with Gasteiger partial charge >= 0.3 is 0 Å². The van der Waals surface area contributed by atoms with Crippen molar-refractivity contribution in [3.63, 3.8) is 0 Å². The van der Waals surface area contributed by atoms with Crippen molar-refractivity contribution in [1.29, 1.82) is 0 Å². The van der Waals surface area contributed by atoms with Gasteiger partial charge in [-0.15, -0.1) is 0 Å². The molecule has 0 saturated carbocycles. The fraction of sp³-hybridized carbons (Fsp3) is 0.727. The summed E-state index contributed by atoms with van der Waals surface area (Å²) < 4.78 is 5.56. The third-order valence-electron chi connectivity index (χ3n) is 3.05. The lowest BCUT2D eigenvalue weighted by atomic mass is 10.1. The van der Waals surface area contributed by atoms with E-state index in [1.165, 1.54) is 0 Å². The molecule has 16 heavy (non-hydrogen) atoms. The molecule has 3 N–H and O–H groups in total. The third kappa shape index (κ3) is 2.20. The lowest BCUT2D eigenvalue weighted by Crippen LogP contribution is -2.54. The van der Waals surface area contributed by atoms with Gasteiger partial charge in [0.25, 0.3) is 0 Å². The number of morpholine rings is 1. The lowest BCUT2D eigenvalue weighted by Gasteiger charge is -2.42. The normalized spacial score (nSPS) is 34.6. The van der Waals surface area contributed by atoms with Crippen LogP contribution in [0.3, 0.4) is 0 Å². The SMILES string of the molecule is CCC1COCC(C)N1C1=NNC(N)C=C1. The minimum atomic E-state index is -0.167. The number of amidine groups is 1. The van der Waals surface area contributed by atoms with E-state index in [1.807, 2.05) is 12.2 Å². The van der Waals surface area contributed by atoms with Crippen LogP contribution in [0, 0.1) is 0 Å². The molecule has 0 spiro atoms. The molecule has 0 aromatic carbocycles. The summed E-state index contributed by atoms with van der Waals surface area (Å²) in [6.45, 7) is 5.87. The minimum absolute atomic E-state index is 0.167. The molecule has 0 aromatic rings. The number of hydrogen-bond acceptors (Lipinski definition) is 5. The van der Waals surface area contributed by atoms with Crippen molar-refractivity contribution < 1.29 is 4.74 Å². The van der Waals surface area contributed by atoms with E-state index < -0.39 is 0 Å². The van der Waals surface area contributed by atoms with Crippen LogP contribution in [-0.4, -0.2) is 42.2 Å². The zero-order valence-electron chi connectivity index (χ0n) is 9.89. The summed E-state index contributed by atoms with van der Waals surface area (Å²) in [6, 6.07) is 0.765. The Hall–Kier alpha value is -1.07. The fourth-order valence-electron chi connectivity index (χ4n) is 2.18. The Labute approximate surface area is 96.3 Å². The molecule has 1 saturated heterocycles. The van der Waals surface area contributed by atoms with Gasteiger partial charge in [-0.05, 0) is 25.5 Å². The molecule has 5 nitrogen and oxygen atoms in total. The van der Waals surface area contributed by atoms with Crippen LogP contribution in [0.15, 0.2) is 17.3 Å². The highest BCUT2D eigenvalue weighted by Gasteiger charge is 2.29. The van der Waals surface area contributed by atoms with Crippen molar-refractivity contribution in [2.24, 2.45) is 10.8 Å². The number of hydrogen-bond donors (Lipinski definition) is 2. The van der Waals surface area contributed by atoms with E-state index in [0.717, 1.165) is 25.5 Å². The van der Waals surface area contributed by atoms with Gasteiger partial charge in [0.2, 0.25) is 0 Å². The van der Waals surface area contributed by atoms with Gasteiger partial charge in [0.15, 0.2) is 0 Å². The van der Waals surface area contributed by atoms with E-state index in [1.54, 1.807) is 0 Å². The summed E-state index contributed by atoms with van der Waals surface area (Å²) in [5.74, 6) is 0.962. The highest BCUT2D eigenvalue weighted by molar-refractivity contribution is 5.94. The molecule has 2 rings (SSSR count). The van der Waals surface area contributed by atoms with E-state index in [2.05, 4.69) is 29.3 Å². The summed E-state index contributed by atoms with van der Waals surface area (Å²) in [5.41, 5.74) is 8.57. The van der Waals surface area contributed by atoms with E-state index in [-0.39, 0.29) is 6.17 Å². The topological polar surface area (TPSA) is 62.9 Å². The minimum Gasteiger partial charge on any atom is -0.377 e. The van der Waals surface area contributed by atoms with Gasteiger partial charge in [-0.2, -0.15) is 5.10 Å². The molecular weight excluding hydrogens is 204 g/mol. The zero-order chi connectivity index (χ0) is 11.5. The van der Waals surface area contributed by atoms with E-state index in [0.29, 0.717) is 12.1 Å². The zero-order valence-corrected chi connectivity index (χ0v) is 9.89. The van der Waals surface area contributed by atoms with Crippen LogP contribution in [0.5, 0.6) is 0 Å². The molecule has 90 valence electrons. The van der Waals surface area contributed by atoms with Crippen molar-refractivity contribution in [2.75, 3.05) is 13.2 Å². The third-order valence-corrected chi connectivity index (χ3v) is 3.05. The summed E-state index contributed by atoms with van der Waals surface area (Å²) >= 11 is 0. The maximum atomic E-state index is 5.68. The maximum absolute atomic E-state index is 5.68. The molecular formula is C11H20N4O. The van der Waals surface area contributed by atoms with Gasteiger partial charge in [0.1, 0.15) is 12.0 Å². The molecule has 0 amide bonds. The Morgan fingerprint density at radius 1 is 1.62 bits per heavy atom. The average molecular weight is 224 g/mol. The van der Waals surface area contributed by atoms with Crippen LogP contribution >= 0.6 is 0 Å². The number of hydrazone groups is 1. The number of rotatable bonds is 1. The molecule has 3 atom stereocenters. The molecule has 5 heteroatoms. The highest BCUT2D eigenvalue weighted by Crippen LogP contribution is 2.17. The first-order chi connectivity index (χ1) is 7.72. The molecule has 2 heterocycles. The molecule has 0 bridgehead atoms. The largest absolute Gasteiger partial charge is 0.377 e. The standard InChI is InChI=1S/C11H20N4O/c1-3-9-7-16-6-8(2)15(9)11-5-4-10(12)13-14-11/h4-5,8-10,13H,3,6-7,12H2,1-2H3. The van der Waals surface area contributed by atoms with Crippen LogP contribution in [0.4, 0.5) is 0 Å². The van der Waals surface area contributed by atoms with Crippen LogP contribution in [0.1, 0.15) is 20.3 Å². The molecule has 0 aromatic heterocycles. The molecule has 2 aliphatic heterocycles. The van der Waals surface area contributed by atoms with Gasteiger partial charge in [-0.25, -0.2) is 0 Å². The van der Waals surface area contributed by atoms with Crippen molar-refractivity contribution in [3.8, 4) is 0 Å². The first kappa shape index (κ1) is 11.4. The second kappa shape index (κ2) is 4.84. The maximum Gasteiger partial charge on any atom is 0.148 e. The number of nitrogens with two attached hydrogens (primary N) is 1. The predicted octanol–water partition coefficient (Wildman–Crippen LogP) is 0.243. The summed E-state index contributed by atoms with van der Waals surface area (Å²) in [7, 11) is 0. The Morgan fingerprint density at radius 3 is 3.06 bits per heavy atom. The first-order valence-electron chi connectivity index (χ1n) is 5.85. The second-order valence-electron chi connectivity index (χ2n) is 4.34. The first-order valence-corrected chi connectivity index (χ1v) is 5.85. The molecule has 3 unspecified atom stereocenters. The average Bonchev–Trinajstić information content (AvgIpc) is 2.30. The lowest BCUT2D eigenvalue weighted by molar-refractivity contribution is -0.00797. The number of nitrogens with zero attached hydrogens (tertiary/aromatic N) is 2. The number of nitrogens with one attached hydrogen (secondary N) is 1. The van der Waals surface area contributed by atoms with E-state index >= 15 is 0 Å². The summed E-state index contributed by atoms with van der Waals surface area (Å²) in [5, 5.41) is 4.31. The Kier molecular flexibility index (Phi) is 3.46. The monoisotopic (exact) mass is 224 g/mol. The summed E-state index contributed by atoms with van der Waals surface area (Å²) in [6.07, 6.45) is 4.81. The van der Waals surface area contributed by atoms with Crippen LogP contribution in [-0.2, 0) is 4.74 Å². The quantitative estimate of drug-likeness (QED) is 0.670. The van der Waals surface area contributed by atoms with Gasteiger partial charge in [-0.3, -0.25) is 5.43 Å².